The van der Waals surface area contributed by atoms with E-state index in [0.717, 1.165) is 11.3 Å². The standard InChI is InChI=1S/C11H16O4/c1-13-9-6-4-8(5-7-9)10(12)11(14-2)15-3/h4-7,10-12H,1-3H3/t10-/m0/s1. The normalized spacial score (nSPS) is 12.9. The maximum absolute atomic E-state index is 9.85. The van der Waals surface area contributed by atoms with Gasteiger partial charge in [-0.05, 0) is 17.7 Å². The maximum atomic E-state index is 9.85. The smallest absolute Gasteiger partial charge is 0.187 e. The van der Waals surface area contributed by atoms with Crippen molar-refractivity contribution in [2.24, 2.45) is 0 Å². The molecule has 4 nitrogen and oxygen atoms in total. The van der Waals surface area contributed by atoms with E-state index in [1.807, 2.05) is 0 Å². The monoisotopic (exact) mass is 212 g/mol. The quantitative estimate of drug-likeness (QED) is 0.748. The van der Waals surface area contributed by atoms with Crippen LogP contribution in [0.5, 0.6) is 5.75 Å². The van der Waals surface area contributed by atoms with Crippen molar-refractivity contribution in [1.82, 2.24) is 0 Å². The Balaban J connectivity index is 2.76. The van der Waals surface area contributed by atoms with Crippen molar-refractivity contribution < 1.29 is 19.3 Å². The summed E-state index contributed by atoms with van der Waals surface area (Å²) in [5, 5.41) is 9.85. The van der Waals surface area contributed by atoms with Crippen LogP contribution in [0.15, 0.2) is 24.3 Å². The van der Waals surface area contributed by atoms with Crippen LogP contribution in [-0.4, -0.2) is 32.7 Å². The fourth-order valence-electron chi connectivity index (χ4n) is 1.31. The minimum Gasteiger partial charge on any atom is -0.497 e. The van der Waals surface area contributed by atoms with E-state index in [9.17, 15) is 5.11 Å². The first kappa shape index (κ1) is 12.0. The summed E-state index contributed by atoms with van der Waals surface area (Å²) in [6.07, 6.45) is -1.45. The summed E-state index contributed by atoms with van der Waals surface area (Å²) < 4.78 is 15.0. The lowest BCUT2D eigenvalue weighted by Gasteiger charge is -2.20. The van der Waals surface area contributed by atoms with Crippen LogP contribution in [0.3, 0.4) is 0 Å². The Hall–Kier alpha value is -1.10. The molecule has 0 amide bonds. The molecule has 0 aliphatic rings. The highest BCUT2D eigenvalue weighted by molar-refractivity contribution is 5.28. The summed E-state index contributed by atoms with van der Waals surface area (Å²) in [4.78, 5) is 0. The molecular formula is C11H16O4. The minimum absolute atomic E-state index is 0.654. The van der Waals surface area contributed by atoms with Crippen LogP contribution in [0.1, 0.15) is 11.7 Å². The third-order valence-electron chi connectivity index (χ3n) is 2.18. The van der Waals surface area contributed by atoms with Crippen LogP contribution in [-0.2, 0) is 9.47 Å². The lowest BCUT2D eigenvalue weighted by molar-refractivity contribution is -0.166. The van der Waals surface area contributed by atoms with Gasteiger partial charge >= 0.3 is 0 Å². The topological polar surface area (TPSA) is 47.9 Å². The highest BCUT2D eigenvalue weighted by Crippen LogP contribution is 2.21. The number of aliphatic hydroxyl groups excluding tert-OH is 1. The SMILES string of the molecule is COc1ccc([C@H](O)C(OC)OC)cc1. The molecule has 0 fully saturated rings. The number of benzene rings is 1. The van der Waals surface area contributed by atoms with E-state index in [4.69, 9.17) is 14.2 Å². The van der Waals surface area contributed by atoms with E-state index < -0.39 is 12.4 Å². The summed E-state index contributed by atoms with van der Waals surface area (Å²) in [6, 6.07) is 7.10. The Morgan fingerprint density at radius 3 is 1.93 bits per heavy atom. The Morgan fingerprint density at radius 1 is 1.00 bits per heavy atom. The lowest BCUT2D eigenvalue weighted by Crippen LogP contribution is -2.22. The summed E-state index contributed by atoms with van der Waals surface area (Å²) in [7, 11) is 4.57. The highest BCUT2D eigenvalue weighted by atomic mass is 16.7. The van der Waals surface area contributed by atoms with Crippen molar-refractivity contribution in [3.05, 3.63) is 29.8 Å². The van der Waals surface area contributed by atoms with Crippen molar-refractivity contribution in [3.8, 4) is 5.75 Å². The highest BCUT2D eigenvalue weighted by Gasteiger charge is 2.19. The largest absolute Gasteiger partial charge is 0.497 e. The predicted octanol–water partition coefficient (Wildman–Crippen LogP) is 1.35. The van der Waals surface area contributed by atoms with Gasteiger partial charge in [-0.3, -0.25) is 0 Å². The van der Waals surface area contributed by atoms with Gasteiger partial charge < -0.3 is 19.3 Å². The van der Waals surface area contributed by atoms with Gasteiger partial charge in [-0.1, -0.05) is 12.1 Å². The Labute approximate surface area is 89.4 Å². The zero-order chi connectivity index (χ0) is 11.3. The second-order valence-corrected chi connectivity index (χ2v) is 3.06. The predicted molar refractivity (Wildman–Crippen MR) is 55.8 cm³/mol. The molecule has 0 saturated carbocycles. The van der Waals surface area contributed by atoms with Gasteiger partial charge in [0, 0.05) is 14.2 Å². The Morgan fingerprint density at radius 2 is 1.53 bits per heavy atom. The summed E-state index contributed by atoms with van der Waals surface area (Å²) in [5.41, 5.74) is 0.726. The molecule has 4 heteroatoms. The van der Waals surface area contributed by atoms with E-state index in [1.54, 1.807) is 31.4 Å². The van der Waals surface area contributed by atoms with Crippen LogP contribution >= 0.6 is 0 Å². The molecule has 1 aromatic rings. The van der Waals surface area contributed by atoms with Crippen LogP contribution < -0.4 is 4.74 Å². The van der Waals surface area contributed by atoms with Crippen molar-refractivity contribution in [3.63, 3.8) is 0 Å². The first-order valence-corrected chi connectivity index (χ1v) is 4.60. The van der Waals surface area contributed by atoms with Gasteiger partial charge in [-0.2, -0.15) is 0 Å². The molecule has 0 spiro atoms. The zero-order valence-corrected chi connectivity index (χ0v) is 9.14. The molecule has 1 rings (SSSR count). The van der Waals surface area contributed by atoms with Crippen LogP contribution in [0.25, 0.3) is 0 Å². The molecule has 0 bridgehead atoms. The molecule has 0 radical (unpaired) electrons. The molecule has 0 aromatic heterocycles. The third kappa shape index (κ3) is 2.92. The van der Waals surface area contributed by atoms with Crippen molar-refractivity contribution in [2.45, 2.75) is 12.4 Å². The molecule has 0 unspecified atom stereocenters. The van der Waals surface area contributed by atoms with Crippen molar-refractivity contribution in [2.75, 3.05) is 21.3 Å². The zero-order valence-electron chi connectivity index (χ0n) is 9.14. The molecular weight excluding hydrogens is 196 g/mol. The molecule has 1 aromatic carbocycles. The van der Waals surface area contributed by atoms with Gasteiger partial charge in [0.1, 0.15) is 11.9 Å². The molecule has 84 valence electrons. The Bertz CT molecular complexity index is 279. The minimum atomic E-state index is -0.800. The van der Waals surface area contributed by atoms with E-state index in [2.05, 4.69) is 0 Å². The van der Waals surface area contributed by atoms with Gasteiger partial charge in [0.15, 0.2) is 6.29 Å². The molecule has 15 heavy (non-hydrogen) atoms. The second-order valence-electron chi connectivity index (χ2n) is 3.06. The van der Waals surface area contributed by atoms with E-state index >= 15 is 0 Å². The van der Waals surface area contributed by atoms with Gasteiger partial charge in [-0.25, -0.2) is 0 Å². The van der Waals surface area contributed by atoms with E-state index in [0.29, 0.717) is 0 Å². The lowest BCUT2D eigenvalue weighted by atomic mass is 10.1. The molecule has 0 aliphatic heterocycles. The fraction of sp³-hybridized carbons (Fsp3) is 0.455. The maximum Gasteiger partial charge on any atom is 0.187 e. The number of ether oxygens (including phenoxy) is 3. The van der Waals surface area contributed by atoms with Crippen LogP contribution in [0.4, 0.5) is 0 Å². The van der Waals surface area contributed by atoms with Gasteiger partial charge in [-0.15, -0.1) is 0 Å². The molecule has 0 saturated heterocycles. The van der Waals surface area contributed by atoms with Gasteiger partial charge in [0.2, 0.25) is 0 Å². The van der Waals surface area contributed by atoms with E-state index in [-0.39, 0.29) is 0 Å². The second kappa shape index (κ2) is 5.70. The van der Waals surface area contributed by atoms with Gasteiger partial charge in [0.25, 0.3) is 0 Å². The number of methoxy groups -OCH3 is 3. The fourth-order valence-corrected chi connectivity index (χ4v) is 1.31. The summed E-state index contributed by atoms with van der Waals surface area (Å²) in [5.74, 6) is 0.748. The third-order valence-corrected chi connectivity index (χ3v) is 2.18. The first-order chi connectivity index (χ1) is 7.22. The van der Waals surface area contributed by atoms with Crippen molar-refractivity contribution >= 4 is 0 Å². The molecule has 1 N–H and O–H groups in total. The van der Waals surface area contributed by atoms with Crippen molar-refractivity contribution in [1.29, 1.82) is 0 Å². The molecule has 0 heterocycles. The van der Waals surface area contributed by atoms with Crippen LogP contribution in [0, 0.1) is 0 Å². The molecule has 0 aliphatic carbocycles. The summed E-state index contributed by atoms with van der Waals surface area (Å²) >= 11 is 0. The average molecular weight is 212 g/mol. The van der Waals surface area contributed by atoms with Crippen LogP contribution in [0.2, 0.25) is 0 Å². The average Bonchev–Trinajstić information content (AvgIpc) is 2.30. The first-order valence-electron chi connectivity index (χ1n) is 4.60. The number of aliphatic hydroxyl groups is 1. The Kier molecular flexibility index (Phi) is 4.55. The number of hydrogen-bond acceptors (Lipinski definition) is 4. The van der Waals surface area contributed by atoms with E-state index in [1.165, 1.54) is 14.2 Å². The van der Waals surface area contributed by atoms with Gasteiger partial charge in [0.05, 0.1) is 7.11 Å². The summed E-state index contributed by atoms with van der Waals surface area (Å²) in [6.45, 7) is 0. The molecule has 1 atom stereocenters. The number of hydrogen-bond donors (Lipinski definition) is 1. The number of rotatable bonds is 5.